The Bertz CT molecular complexity index is 387. The van der Waals surface area contributed by atoms with Crippen LogP contribution in [-0.2, 0) is 4.79 Å². The lowest BCUT2D eigenvalue weighted by atomic mass is 10.1. The Balaban J connectivity index is 2.63. The third kappa shape index (κ3) is 0.956. The van der Waals surface area contributed by atoms with Crippen LogP contribution in [0.3, 0.4) is 0 Å². The van der Waals surface area contributed by atoms with Gasteiger partial charge >= 0.3 is 0 Å². The van der Waals surface area contributed by atoms with Crippen molar-refractivity contribution in [2.45, 2.75) is 4.90 Å². The van der Waals surface area contributed by atoms with Gasteiger partial charge in [0, 0.05) is 10.5 Å². The Kier molecular flexibility index (Phi) is 1.51. The number of thioether (sulfide) groups is 1. The molecule has 0 aliphatic carbocycles. The lowest BCUT2D eigenvalue weighted by molar-refractivity contribution is -0.107. The van der Waals surface area contributed by atoms with Crippen LogP contribution < -0.4 is 0 Å². The summed E-state index contributed by atoms with van der Waals surface area (Å²) >= 11 is 0.853. The zero-order valence-corrected chi connectivity index (χ0v) is 6.65. The molecule has 0 amide bonds. The molecule has 2 nitrogen and oxygen atoms in total. The molecule has 1 aromatic rings. The molecule has 0 saturated carbocycles. The largest absolute Gasteiger partial charge is 0.284 e. The van der Waals surface area contributed by atoms with Gasteiger partial charge in [0.05, 0.1) is 0 Å². The minimum atomic E-state index is -0.602. The molecular formula is C8H3FO2S. The molecule has 1 aliphatic rings. The maximum atomic E-state index is 12.6. The topological polar surface area (TPSA) is 34.1 Å². The number of benzene rings is 1. The molecule has 2 rings (SSSR count). The first-order chi connectivity index (χ1) is 5.68. The highest BCUT2D eigenvalue weighted by molar-refractivity contribution is 8.16. The molecular weight excluding hydrogens is 179 g/mol. The molecule has 12 heavy (non-hydrogen) atoms. The highest BCUT2D eigenvalue weighted by atomic mass is 32.2. The van der Waals surface area contributed by atoms with Gasteiger partial charge in [0.15, 0.2) is 0 Å². The van der Waals surface area contributed by atoms with Crippen molar-refractivity contribution < 1.29 is 14.0 Å². The third-order valence-electron chi connectivity index (χ3n) is 1.57. The molecule has 1 aromatic carbocycles. The molecule has 0 aromatic heterocycles. The second kappa shape index (κ2) is 2.42. The summed E-state index contributed by atoms with van der Waals surface area (Å²) in [7, 11) is 0. The van der Waals surface area contributed by atoms with Crippen LogP contribution in [0, 0.1) is 5.82 Å². The molecule has 1 aliphatic heterocycles. The summed E-state index contributed by atoms with van der Waals surface area (Å²) in [6, 6.07) is 3.77. The molecule has 0 N–H and O–H groups in total. The molecule has 60 valence electrons. The summed E-state index contributed by atoms with van der Waals surface area (Å²) in [5.74, 6) is -1.09. The fourth-order valence-corrected chi connectivity index (χ4v) is 1.82. The van der Waals surface area contributed by atoms with Gasteiger partial charge < -0.3 is 0 Å². The van der Waals surface area contributed by atoms with Crippen molar-refractivity contribution in [3.8, 4) is 0 Å². The summed E-state index contributed by atoms with van der Waals surface area (Å²) in [5.41, 5.74) is 0.185. The molecule has 4 heteroatoms. The lowest BCUT2D eigenvalue weighted by Crippen LogP contribution is -2.02. The summed E-state index contributed by atoms with van der Waals surface area (Å²) < 4.78 is 12.6. The quantitative estimate of drug-likeness (QED) is 0.572. The standard InChI is InChI=1S/C8H3FO2S/c9-4-1-2-6-5(3-4)7(10)8(11)12-6/h1-3H. The van der Waals surface area contributed by atoms with Gasteiger partial charge in [-0.25, -0.2) is 4.39 Å². The summed E-state index contributed by atoms with van der Waals surface area (Å²) in [4.78, 5) is 22.4. The third-order valence-corrected chi connectivity index (χ3v) is 2.52. The Labute approximate surface area is 71.8 Å². The van der Waals surface area contributed by atoms with Crippen LogP contribution in [0.5, 0.6) is 0 Å². The molecule has 0 spiro atoms. The molecule has 0 bridgehead atoms. The zero-order chi connectivity index (χ0) is 8.72. The van der Waals surface area contributed by atoms with Crippen molar-refractivity contribution in [3.05, 3.63) is 29.6 Å². The van der Waals surface area contributed by atoms with Crippen molar-refractivity contribution in [1.82, 2.24) is 0 Å². The average Bonchev–Trinajstić information content (AvgIpc) is 2.31. The van der Waals surface area contributed by atoms with Crippen LogP contribution in [0.25, 0.3) is 0 Å². The van der Waals surface area contributed by atoms with Crippen molar-refractivity contribution in [2.24, 2.45) is 0 Å². The van der Waals surface area contributed by atoms with E-state index in [0.29, 0.717) is 4.90 Å². The van der Waals surface area contributed by atoms with E-state index in [4.69, 9.17) is 0 Å². The maximum Gasteiger partial charge on any atom is 0.264 e. The van der Waals surface area contributed by atoms with Gasteiger partial charge in [-0.1, -0.05) is 0 Å². The van der Waals surface area contributed by atoms with Crippen molar-refractivity contribution in [3.63, 3.8) is 0 Å². The SMILES string of the molecule is O=C1Sc2ccc(F)cc2C1=O. The number of halogens is 1. The number of fused-ring (bicyclic) bond motifs is 1. The van der Waals surface area contributed by atoms with E-state index in [2.05, 4.69) is 0 Å². The van der Waals surface area contributed by atoms with Crippen LogP contribution in [0.2, 0.25) is 0 Å². The number of carbonyl (C=O) groups excluding carboxylic acids is 2. The van der Waals surface area contributed by atoms with Crippen LogP contribution in [0.1, 0.15) is 10.4 Å². The minimum Gasteiger partial charge on any atom is -0.284 e. The molecule has 0 radical (unpaired) electrons. The molecule has 0 saturated heterocycles. The monoisotopic (exact) mass is 182 g/mol. The zero-order valence-electron chi connectivity index (χ0n) is 5.83. The number of hydrogen-bond acceptors (Lipinski definition) is 3. The number of carbonyl (C=O) groups is 2. The first kappa shape index (κ1) is 7.49. The number of hydrogen-bond donors (Lipinski definition) is 0. The Hall–Kier alpha value is -1.16. The van der Waals surface area contributed by atoms with E-state index >= 15 is 0 Å². The maximum absolute atomic E-state index is 12.6. The highest BCUT2D eigenvalue weighted by Gasteiger charge is 2.29. The van der Waals surface area contributed by atoms with Gasteiger partial charge in [-0.15, -0.1) is 0 Å². The van der Waals surface area contributed by atoms with Crippen molar-refractivity contribution in [1.29, 1.82) is 0 Å². The van der Waals surface area contributed by atoms with Crippen LogP contribution in [0.4, 0.5) is 4.39 Å². The van der Waals surface area contributed by atoms with Gasteiger partial charge in [-0.05, 0) is 30.0 Å². The second-order valence-corrected chi connectivity index (χ2v) is 3.37. The van der Waals surface area contributed by atoms with E-state index in [1.165, 1.54) is 12.1 Å². The van der Waals surface area contributed by atoms with Gasteiger partial charge in [-0.3, -0.25) is 9.59 Å². The average molecular weight is 182 g/mol. The van der Waals surface area contributed by atoms with E-state index in [1.54, 1.807) is 0 Å². The van der Waals surface area contributed by atoms with Gasteiger partial charge in [-0.2, -0.15) is 0 Å². The molecule has 0 fully saturated rings. The van der Waals surface area contributed by atoms with Crippen LogP contribution in [0.15, 0.2) is 23.1 Å². The minimum absolute atomic E-state index is 0.185. The van der Waals surface area contributed by atoms with E-state index in [9.17, 15) is 14.0 Å². The number of Topliss-reactive ketones (excluding diaryl/α,β-unsaturated/α-hetero) is 1. The van der Waals surface area contributed by atoms with Crippen LogP contribution in [-0.4, -0.2) is 10.9 Å². The number of ketones is 1. The number of rotatable bonds is 0. The fourth-order valence-electron chi connectivity index (χ4n) is 1.02. The smallest absolute Gasteiger partial charge is 0.264 e. The molecule has 0 atom stereocenters. The van der Waals surface area contributed by atoms with Gasteiger partial charge in [0.1, 0.15) is 5.82 Å². The predicted molar refractivity (Wildman–Crippen MR) is 41.6 cm³/mol. The summed E-state index contributed by atoms with van der Waals surface area (Å²) in [5, 5.41) is -0.532. The van der Waals surface area contributed by atoms with E-state index in [-0.39, 0.29) is 5.56 Å². The van der Waals surface area contributed by atoms with E-state index in [0.717, 1.165) is 17.8 Å². The fraction of sp³-hybridized carbons (Fsp3) is 0. The van der Waals surface area contributed by atoms with Crippen molar-refractivity contribution in [2.75, 3.05) is 0 Å². The molecule has 1 heterocycles. The van der Waals surface area contributed by atoms with Crippen LogP contribution >= 0.6 is 11.8 Å². The predicted octanol–water partition coefficient (Wildman–Crippen LogP) is 1.64. The lowest BCUT2D eigenvalue weighted by Gasteiger charge is -1.92. The second-order valence-electron chi connectivity index (χ2n) is 2.36. The summed E-state index contributed by atoms with van der Waals surface area (Å²) in [6.45, 7) is 0. The van der Waals surface area contributed by atoms with Crippen molar-refractivity contribution >= 4 is 22.7 Å². The Morgan fingerprint density at radius 3 is 2.75 bits per heavy atom. The first-order valence-corrected chi connectivity index (χ1v) is 4.06. The highest BCUT2D eigenvalue weighted by Crippen LogP contribution is 2.32. The van der Waals surface area contributed by atoms with E-state index in [1.807, 2.05) is 0 Å². The Morgan fingerprint density at radius 2 is 2.00 bits per heavy atom. The summed E-state index contributed by atoms with van der Waals surface area (Å²) in [6.07, 6.45) is 0. The first-order valence-electron chi connectivity index (χ1n) is 3.24. The normalized spacial score (nSPS) is 15.1. The Morgan fingerprint density at radius 1 is 1.25 bits per heavy atom. The van der Waals surface area contributed by atoms with E-state index < -0.39 is 16.7 Å². The van der Waals surface area contributed by atoms with Gasteiger partial charge in [0.2, 0.25) is 5.78 Å². The van der Waals surface area contributed by atoms with Gasteiger partial charge in [0.25, 0.3) is 5.12 Å². The molecule has 0 unspecified atom stereocenters.